The van der Waals surface area contributed by atoms with Gasteiger partial charge in [0.2, 0.25) is 0 Å². The van der Waals surface area contributed by atoms with E-state index in [2.05, 4.69) is 34.2 Å². The summed E-state index contributed by atoms with van der Waals surface area (Å²) in [6, 6.07) is 7.89. The third-order valence-corrected chi connectivity index (χ3v) is 3.59. The number of benzene rings is 1. The zero-order valence-corrected chi connectivity index (χ0v) is 10.2. The average Bonchev–Trinajstić information content (AvgIpc) is 2.92. The van der Waals surface area contributed by atoms with Crippen molar-refractivity contribution in [1.82, 2.24) is 0 Å². The molecule has 0 heterocycles. The highest BCUT2D eigenvalue weighted by Crippen LogP contribution is 2.37. The summed E-state index contributed by atoms with van der Waals surface area (Å²) in [5.41, 5.74) is 1.76. The Morgan fingerprint density at radius 2 is 2.33 bits per heavy atom. The molecule has 1 saturated carbocycles. The van der Waals surface area contributed by atoms with Crippen molar-refractivity contribution < 1.29 is 0 Å². The van der Waals surface area contributed by atoms with Crippen LogP contribution in [0.4, 0.5) is 5.69 Å². The predicted octanol–water partition coefficient (Wildman–Crippen LogP) is 3.39. The molecule has 0 aromatic heterocycles. The van der Waals surface area contributed by atoms with Gasteiger partial charge in [0.15, 0.2) is 0 Å². The maximum absolute atomic E-state index is 8.77. The Kier molecular flexibility index (Phi) is 2.97. The molecule has 2 atom stereocenters. The maximum Gasteiger partial charge on any atom is 0.100 e. The molecule has 78 valence electrons. The third-order valence-electron chi connectivity index (χ3n) is 2.93. The van der Waals surface area contributed by atoms with Crippen LogP contribution in [-0.2, 0) is 0 Å². The van der Waals surface area contributed by atoms with Crippen molar-refractivity contribution in [3.05, 3.63) is 28.2 Å². The number of nitrogens with one attached hydrogen (secondary N) is 1. The van der Waals surface area contributed by atoms with Crippen molar-refractivity contribution in [3.63, 3.8) is 0 Å². The van der Waals surface area contributed by atoms with Gasteiger partial charge in [-0.2, -0.15) is 5.26 Å². The van der Waals surface area contributed by atoms with Crippen LogP contribution >= 0.6 is 15.9 Å². The summed E-state index contributed by atoms with van der Waals surface area (Å²) in [6.45, 7) is 3.32. The Labute approximate surface area is 98.4 Å². The number of hydrogen-bond acceptors (Lipinski definition) is 2. The summed E-state index contributed by atoms with van der Waals surface area (Å²) in [7, 11) is 0. The third kappa shape index (κ3) is 2.51. The van der Waals surface area contributed by atoms with Crippen molar-refractivity contribution in [2.75, 3.05) is 11.9 Å². The molecule has 15 heavy (non-hydrogen) atoms. The monoisotopic (exact) mass is 264 g/mol. The molecular weight excluding hydrogens is 252 g/mol. The fraction of sp³-hybridized carbons (Fsp3) is 0.417. The highest BCUT2D eigenvalue weighted by Gasteiger charge is 2.31. The molecule has 3 heteroatoms. The second kappa shape index (κ2) is 4.24. The zero-order valence-electron chi connectivity index (χ0n) is 8.63. The van der Waals surface area contributed by atoms with Crippen LogP contribution in [0.25, 0.3) is 0 Å². The Balaban J connectivity index is 1.97. The number of nitriles is 1. The summed E-state index contributed by atoms with van der Waals surface area (Å²) in [4.78, 5) is 0. The van der Waals surface area contributed by atoms with E-state index in [1.165, 1.54) is 6.42 Å². The molecule has 1 aliphatic rings. The van der Waals surface area contributed by atoms with Crippen molar-refractivity contribution >= 4 is 21.6 Å². The number of hydrogen-bond donors (Lipinski definition) is 1. The molecule has 0 saturated heterocycles. The molecule has 2 unspecified atom stereocenters. The Morgan fingerprint density at radius 3 is 2.87 bits per heavy atom. The summed E-state index contributed by atoms with van der Waals surface area (Å²) in [5.74, 6) is 1.71. The van der Waals surface area contributed by atoms with Gasteiger partial charge in [0.05, 0.1) is 5.56 Å². The average molecular weight is 265 g/mol. The lowest BCUT2D eigenvalue weighted by molar-refractivity contribution is 0.787. The van der Waals surface area contributed by atoms with Crippen LogP contribution in [0.1, 0.15) is 18.9 Å². The van der Waals surface area contributed by atoms with Gasteiger partial charge < -0.3 is 5.32 Å². The van der Waals surface area contributed by atoms with Gasteiger partial charge in [-0.05, 0) is 52.4 Å². The van der Waals surface area contributed by atoms with E-state index in [0.29, 0.717) is 5.56 Å². The molecule has 2 rings (SSSR count). The SMILES string of the molecule is CC1CC1CNc1ccc(C#N)c(Br)c1. The molecule has 0 amide bonds. The van der Waals surface area contributed by atoms with E-state index >= 15 is 0 Å². The van der Waals surface area contributed by atoms with Crippen molar-refractivity contribution in [3.8, 4) is 6.07 Å². The fourth-order valence-corrected chi connectivity index (χ4v) is 2.12. The molecule has 0 bridgehead atoms. The van der Waals surface area contributed by atoms with Crippen molar-refractivity contribution in [1.29, 1.82) is 5.26 Å². The number of halogens is 1. The number of anilines is 1. The van der Waals surface area contributed by atoms with Gasteiger partial charge in [0.25, 0.3) is 0 Å². The van der Waals surface area contributed by atoms with Crippen LogP contribution in [0.15, 0.2) is 22.7 Å². The Hall–Kier alpha value is -1.01. The molecule has 2 nitrogen and oxygen atoms in total. The quantitative estimate of drug-likeness (QED) is 0.909. The van der Waals surface area contributed by atoms with Gasteiger partial charge >= 0.3 is 0 Å². The molecule has 1 fully saturated rings. The van der Waals surface area contributed by atoms with Gasteiger partial charge in [-0.15, -0.1) is 0 Å². The minimum atomic E-state index is 0.681. The van der Waals surface area contributed by atoms with Crippen LogP contribution in [0.2, 0.25) is 0 Å². The van der Waals surface area contributed by atoms with E-state index in [1.54, 1.807) is 0 Å². The van der Waals surface area contributed by atoms with Crippen molar-refractivity contribution in [2.45, 2.75) is 13.3 Å². The van der Waals surface area contributed by atoms with Gasteiger partial charge in [-0.25, -0.2) is 0 Å². The maximum atomic E-state index is 8.77. The summed E-state index contributed by atoms with van der Waals surface area (Å²) < 4.78 is 0.860. The minimum absolute atomic E-state index is 0.681. The first-order valence-electron chi connectivity index (χ1n) is 5.14. The lowest BCUT2D eigenvalue weighted by Gasteiger charge is -2.06. The molecule has 0 spiro atoms. The summed E-state index contributed by atoms with van der Waals surface area (Å²) >= 11 is 3.38. The number of nitrogens with zero attached hydrogens (tertiary/aromatic N) is 1. The first kappa shape index (κ1) is 10.5. The molecule has 0 aliphatic heterocycles. The highest BCUT2D eigenvalue weighted by molar-refractivity contribution is 9.10. The van der Waals surface area contributed by atoms with Gasteiger partial charge in [-0.1, -0.05) is 6.92 Å². The molecule has 1 aromatic carbocycles. The Bertz CT molecular complexity index is 409. The van der Waals surface area contributed by atoms with Crippen LogP contribution in [0.5, 0.6) is 0 Å². The minimum Gasteiger partial charge on any atom is -0.385 e. The highest BCUT2D eigenvalue weighted by atomic mass is 79.9. The predicted molar refractivity (Wildman–Crippen MR) is 64.6 cm³/mol. The van der Waals surface area contributed by atoms with E-state index < -0.39 is 0 Å². The lowest BCUT2D eigenvalue weighted by Crippen LogP contribution is -2.04. The van der Waals surface area contributed by atoms with Crippen molar-refractivity contribution in [2.24, 2.45) is 11.8 Å². The second-order valence-electron chi connectivity index (χ2n) is 4.16. The van der Waals surface area contributed by atoms with Gasteiger partial charge in [0, 0.05) is 16.7 Å². The Morgan fingerprint density at radius 1 is 1.60 bits per heavy atom. The molecule has 1 aliphatic carbocycles. The zero-order chi connectivity index (χ0) is 10.8. The fourth-order valence-electron chi connectivity index (χ4n) is 1.65. The number of rotatable bonds is 3. The van der Waals surface area contributed by atoms with E-state index in [0.717, 1.165) is 28.5 Å². The van der Waals surface area contributed by atoms with Crippen LogP contribution in [0.3, 0.4) is 0 Å². The standard InChI is InChI=1S/C12H13BrN2/c1-8-4-10(8)7-15-11-3-2-9(6-14)12(13)5-11/h2-3,5,8,10,15H,4,7H2,1H3. The summed E-state index contributed by atoms with van der Waals surface area (Å²) in [5, 5.41) is 12.2. The van der Waals surface area contributed by atoms with E-state index in [-0.39, 0.29) is 0 Å². The van der Waals surface area contributed by atoms with E-state index in [9.17, 15) is 0 Å². The summed E-state index contributed by atoms with van der Waals surface area (Å²) in [6.07, 6.45) is 1.34. The van der Waals surface area contributed by atoms with Crippen LogP contribution in [-0.4, -0.2) is 6.54 Å². The van der Waals surface area contributed by atoms with Crippen LogP contribution < -0.4 is 5.32 Å². The van der Waals surface area contributed by atoms with E-state index in [1.807, 2.05) is 18.2 Å². The second-order valence-corrected chi connectivity index (χ2v) is 5.01. The van der Waals surface area contributed by atoms with Gasteiger partial charge in [0.1, 0.15) is 6.07 Å². The molecule has 1 N–H and O–H groups in total. The van der Waals surface area contributed by atoms with E-state index in [4.69, 9.17) is 5.26 Å². The largest absolute Gasteiger partial charge is 0.385 e. The molecule has 1 aromatic rings. The smallest absolute Gasteiger partial charge is 0.100 e. The first-order chi connectivity index (χ1) is 7.20. The lowest BCUT2D eigenvalue weighted by atomic mass is 10.2. The molecule has 0 radical (unpaired) electrons. The van der Waals surface area contributed by atoms with Crippen LogP contribution in [0, 0.1) is 23.2 Å². The topological polar surface area (TPSA) is 35.8 Å². The molecular formula is C12H13BrN2. The normalized spacial score (nSPS) is 23.3. The van der Waals surface area contributed by atoms with Gasteiger partial charge in [-0.3, -0.25) is 0 Å². The first-order valence-corrected chi connectivity index (χ1v) is 5.93.